The van der Waals surface area contributed by atoms with E-state index in [9.17, 15) is 14.4 Å². The Hall–Kier alpha value is -2.67. The van der Waals surface area contributed by atoms with Gasteiger partial charge in [-0.05, 0) is 38.2 Å². The first-order valence-corrected chi connectivity index (χ1v) is 11.8. The molecule has 7 nitrogen and oxygen atoms in total. The molecule has 1 aromatic carbocycles. The zero-order chi connectivity index (χ0) is 22.6. The van der Waals surface area contributed by atoms with Gasteiger partial charge < -0.3 is 10.2 Å². The summed E-state index contributed by atoms with van der Waals surface area (Å²) >= 11 is 0. The molecule has 1 amide bonds. The topological polar surface area (TPSA) is 87.2 Å². The first-order chi connectivity index (χ1) is 15.4. The highest BCUT2D eigenvalue weighted by atomic mass is 16.2. The van der Waals surface area contributed by atoms with Crippen LogP contribution in [0.4, 0.5) is 0 Å². The molecule has 0 atom stereocenters. The number of hydrogen-bond acceptors (Lipinski definition) is 4. The molecule has 1 saturated heterocycles. The highest BCUT2D eigenvalue weighted by Crippen LogP contribution is 2.40. The minimum absolute atomic E-state index is 0.0770. The lowest BCUT2D eigenvalue weighted by atomic mass is 9.69. The van der Waals surface area contributed by atoms with Crippen LogP contribution >= 0.6 is 0 Å². The second-order valence-corrected chi connectivity index (χ2v) is 9.56. The van der Waals surface area contributed by atoms with Crippen LogP contribution in [-0.4, -0.2) is 46.0 Å². The highest BCUT2D eigenvalue weighted by Gasteiger charge is 2.36. The van der Waals surface area contributed by atoms with Gasteiger partial charge in [0.05, 0.1) is 0 Å². The molecule has 172 valence electrons. The van der Waals surface area contributed by atoms with Crippen molar-refractivity contribution >= 4 is 5.91 Å². The number of piperidine rings is 1. The van der Waals surface area contributed by atoms with Gasteiger partial charge >= 0.3 is 5.69 Å². The second-order valence-electron chi connectivity index (χ2n) is 9.56. The molecule has 1 saturated carbocycles. The van der Waals surface area contributed by atoms with E-state index in [0.29, 0.717) is 0 Å². The number of aromatic amines is 1. The van der Waals surface area contributed by atoms with Crippen LogP contribution in [0.1, 0.15) is 56.1 Å². The van der Waals surface area contributed by atoms with Crippen LogP contribution in [0.5, 0.6) is 0 Å². The fourth-order valence-electron chi connectivity index (χ4n) is 5.33. The van der Waals surface area contributed by atoms with E-state index in [1.165, 1.54) is 60.1 Å². The van der Waals surface area contributed by atoms with Crippen molar-refractivity contribution in [1.29, 1.82) is 0 Å². The molecule has 0 spiro atoms. The number of likely N-dealkylation sites (tertiary alicyclic amines) is 1. The SMILES string of the molecule is Cc1ccc(C2(CN3CCC(NC(=O)Cn4ccc(=O)[nH]c4=O)CC3)CCCCC2)cc1. The van der Waals surface area contributed by atoms with Crippen molar-refractivity contribution in [2.45, 2.75) is 69.9 Å². The summed E-state index contributed by atoms with van der Waals surface area (Å²) in [4.78, 5) is 40.1. The predicted octanol–water partition coefficient (Wildman–Crippen LogP) is 2.33. The summed E-state index contributed by atoms with van der Waals surface area (Å²) < 4.78 is 1.22. The number of aryl methyl sites for hydroxylation is 1. The van der Waals surface area contributed by atoms with E-state index in [-0.39, 0.29) is 23.9 Å². The van der Waals surface area contributed by atoms with Gasteiger partial charge in [0, 0.05) is 43.4 Å². The molecule has 0 unspecified atom stereocenters. The molecule has 1 aromatic heterocycles. The molecule has 0 bridgehead atoms. The highest BCUT2D eigenvalue weighted by molar-refractivity contribution is 5.76. The molecule has 2 aliphatic rings. The Morgan fingerprint density at radius 1 is 1.06 bits per heavy atom. The molecule has 7 heteroatoms. The van der Waals surface area contributed by atoms with Crippen molar-refractivity contribution in [1.82, 2.24) is 19.8 Å². The van der Waals surface area contributed by atoms with E-state index in [4.69, 9.17) is 0 Å². The number of carbonyl (C=O) groups is 1. The molecule has 2 N–H and O–H groups in total. The minimum Gasteiger partial charge on any atom is -0.352 e. The lowest BCUT2D eigenvalue weighted by Gasteiger charge is -2.44. The van der Waals surface area contributed by atoms with Crippen LogP contribution < -0.4 is 16.6 Å². The number of hydrogen-bond donors (Lipinski definition) is 2. The quantitative estimate of drug-likeness (QED) is 0.725. The molecule has 4 rings (SSSR count). The number of nitrogens with one attached hydrogen (secondary N) is 2. The maximum absolute atomic E-state index is 12.4. The van der Waals surface area contributed by atoms with Gasteiger partial charge in [0.1, 0.15) is 6.54 Å². The first-order valence-electron chi connectivity index (χ1n) is 11.8. The fourth-order valence-corrected chi connectivity index (χ4v) is 5.33. The lowest BCUT2D eigenvalue weighted by molar-refractivity contribution is -0.122. The summed E-state index contributed by atoms with van der Waals surface area (Å²) in [5, 5.41) is 3.06. The Kier molecular flexibility index (Phi) is 6.94. The smallest absolute Gasteiger partial charge is 0.328 e. The Labute approximate surface area is 188 Å². The maximum atomic E-state index is 12.4. The Bertz CT molecular complexity index is 1030. The third-order valence-corrected chi connectivity index (χ3v) is 7.16. The number of amides is 1. The third-order valence-electron chi connectivity index (χ3n) is 7.16. The Morgan fingerprint density at radius 3 is 2.41 bits per heavy atom. The number of carbonyl (C=O) groups excluding carboxylic acids is 1. The molecular weight excluding hydrogens is 404 g/mol. The van der Waals surface area contributed by atoms with E-state index in [2.05, 4.69) is 46.4 Å². The van der Waals surface area contributed by atoms with E-state index >= 15 is 0 Å². The lowest BCUT2D eigenvalue weighted by Crippen LogP contribution is -2.50. The van der Waals surface area contributed by atoms with Gasteiger partial charge in [0.2, 0.25) is 5.91 Å². The van der Waals surface area contributed by atoms with Crippen molar-refractivity contribution in [3.05, 3.63) is 68.5 Å². The number of rotatable bonds is 6. The standard InChI is InChI=1S/C25H34N4O3/c1-19-5-7-20(8-6-19)25(12-3-2-4-13-25)18-28-14-9-21(10-15-28)26-23(31)17-29-16-11-22(30)27-24(29)32/h5-8,11,16,21H,2-4,9-10,12-15,17-18H2,1H3,(H,26,31)(H,27,30,32). The van der Waals surface area contributed by atoms with Crippen molar-refractivity contribution in [2.75, 3.05) is 19.6 Å². The summed E-state index contributed by atoms with van der Waals surface area (Å²) in [6, 6.07) is 10.5. The van der Waals surface area contributed by atoms with Crippen LogP contribution in [-0.2, 0) is 16.8 Å². The number of nitrogens with zero attached hydrogens (tertiary/aromatic N) is 2. The van der Waals surface area contributed by atoms with Gasteiger partial charge in [-0.3, -0.25) is 19.1 Å². The zero-order valence-electron chi connectivity index (χ0n) is 18.9. The van der Waals surface area contributed by atoms with E-state index in [1.807, 2.05) is 0 Å². The van der Waals surface area contributed by atoms with E-state index in [1.54, 1.807) is 0 Å². The van der Waals surface area contributed by atoms with Crippen LogP contribution in [0.25, 0.3) is 0 Å². The Morgan fingerprint density at radius 2 is 1.75 bits per heavy atom. The van der Waals surface area contributed by atoms with Gasteiger partial charge in [-0.2, -0.15) is 0 Å². The molecule has 0 radical (unpaired) electrons. The van der Waals surface area contributed by atoms with Crippen LogP contribution in [0, 0.1) is 6.92 Å². The average Bonchev–Trinajstić information content (AvgIpc) is 2.78. The summed E-state index contributed by atoms with van der Waals surface area (Å²) in [6.45, 7) is 5.09. The Balaban J connectivity index is 1.32. The summed E-state index contributed by atoms with van der Waals surface area (Å²) in [6.07, 6.45) is 9.61. The van der Waals surface area contributed by atoms with Crippen molar-refractivity contribution in [2.24, 2.45) is 0 Å². The number of benzene rings is 1. The fraction of sp³-hybridized carbons (Fsp3) is 0.560. The van der Waals surface area contributed by atoms with Gasteiger partial charge in [-0.15, -0.1) is 0 Å². The third kappa shape index (κ3) is 5.38. The number of H-pyrrole nitrogens is 1. The van der Waals surface area contributed by atoms with Gasteiger partial charge in [-0.1, -0.05) is 49.1 Å². The molecule has 1 aliphatic carbocycles. The van der Waals surface area contributed by atoms with Gasteiger partial charge in [-0.25, -0.2) is 4.79 Å². The largest absolute Gasteiger partial charge is 0.352 e. The number of aromatic nitrogens is 2. The molecular formula is C25H34N4O3. The van der Waals surface area contributed by atoms with Crippen molar-refractivity contribution < 1.29 is 4.79 Å². The summed E-state index contributed by atoms with van der Waals surface area (Å²) in [5.74, 6) is -0.194. The molecule has 32 heavy (non-hydrogen) atoms. The molecule has 2 aromatic rings. The molecule has 1 aliphatic heterocycles. The van der Waals surface area contributed by atoms with Crippen molar-refractivity contribution in [3.8, 4) is 0 Å². The first kappa shape index (κ1) is 22.5. The maximum Gasteiger partial charge on any atom is 0.328 e. The summed E-state index contributed by atoms with van der Waals surface area (Å²) in [5.41, 5.74) is 2.01. The molecule has 2 fully saturated rings. The molecule has 2 heterocycles. The normalized spacial score (nSPS) is 19.5. The van der Waals surface area contributed by atoms with Crippen LogP contribution in [0.2, 0.25) is 0 Å². The van der Waals surface area contributed by atoms with E-state index < -0.39 is 11.2 Å². The second kappa shape index (κ2) is 9.86. The van der Waals surface area contributed by atoms with Crippen LogP contribution in [0.15, 0.2) is 46.1 Å². The van der Waals surface area contributed by atoms with Crippen LogP contribution in [0.3, 0.4) is 0 Å². The minimum atomic E-state index is -0.559. The predicted molar refractivity (Wildman–Crippen MR) is 125 cm³/mol. The van der Waals surface area contributed by atoms with E-state index in [0.717, 1.165) is 32.5 Å². The van der Waals surface area contributed by atoms with Gasteiger partial charge in [0.15, 0.2) is 0 Å². The zero-order valence-corrected chi connectivity index (χ0v) is 18.9. The summed E-state index contributed by atoms with van der Waals surface area (Å²) in [7, 11) is 0. The van der Waals surface area contributed by atoms with Crippen molar-refractivity contribution in [3.63, 3.8) is 0 Å². The monoisotopic (exact) mass is 438 g/mol. The van der Waals surface area contributed by atoms with Gasteiger partial charge in [0.25, 0.3) is 5.56 Å². The average molecular weight is 439 g/mol.